The number of para-hydroxylation sites is 1. The van der Waals surface area contributed by atoms with Gasteiger partial charge >= 0.3 is 0 Å². The molecule has 1 fully saturated rings. The summed E-state index contributed by atoms with van der Waals surface area (Å²) in [6.07, 6.45) is 5.15. The van der Waals surface area contributed by atoms with Crippen molar-refractivity contribution in [3.63, 3.8) is 0 Å². The van der Waals surface area contributed by atoms with Crippen molar-refractivity contribution in [2.24, 2.45) is 11.8 Å². The third-order valence-electron chi connectivity index (χ3n) is 5.58. The third-order valence-corrected chi connectivity index (χ3v) is 5.58. The number of aliphatic hydroxyl groups excluding tert-OH is 2. The quantitative estimate of drug-likeness (QED) is 0.638. The number of aryl methyl sites for hydroxylation is 1. The Morgan fingerprint density at radius 1 is 1.40 bits per heavy atom. The Balaban J connectivity index is 1.79. The van der Waals surface area contributed by atoms with Gasteiger partial charge in [-0.25, -0.2) is 0 Å². The van der Waals surface area contributed by atoms with Gasteiger partial charge in [0.05, 0.1) is 12.2 Å². The number of rotatable bonds is 5. The number of hydrogen-bond acceptors (Lipinski definition) is 3. The second kappa shape index (κ2) is 7.64. The van der Waals surface area contributed by atoms with E-state index in [-0.39, 0.29) is 23.9 Å². The van der Waals surface area contributed by atoms with E-state index in [1.165, 1.54) is 11.1 Å². The largest absolute Gasteiger partial charge is 0.489 e. The molecule has 1 aliphatic carbocycles. The molecule has 0 bridgehead atoms. The van der Waals surface area contributed by atoms with Gasteiger partial charge < -0.3 is 14.9 Å². The van der Waals surface area contributed by atoms with Gasteiger partial charge in [-0.3, -0.25) is 0 Å². The molecule has 3 nitrogen and oxygen atoms in total. The maximum absolute atomic E-state index is 10.5. The molecule has 0 radical (unpaired) electrons. The van der Waals surface area contributed by atoms with E-state index >= 15 is 0 Å². The molecule has 134 valence electrons. The van der Waals surface area contributed by atoms with Crippen LogP contribution in [0.15, 0.2) is 30.4 Å². The smallest absolute Gasteiger partial charge is 0.126 e. The van der Waals surface area contributed by atoms with Gasteiger partial charge in [-0.05, 0) is 24.8 Å². The molecule has 1 heterocycles. The average Bonchev–Trinajstić information content (AvgIpc) is 3.12. The Morgan fingerprint density at radius 3 is 2.92 bits per heavy atom. The Bertz CT molecular complexity index is 697. The summed E-state index contributed by atoms with van der Waals surface area (Å²) < 4.78 is 6.19. The molecular weight excluding hydrogens is 312 g/mol. The Morgan fingerprint density at radius 2 is 2.20 bits per heavy atom. The fraction of sp³-hybridized carbons (Fsp3) is 0.545. The lowest BCUT2D eigenvalue weighted by molar-refractivity contribution is 0.134. The summed E-state index contributed by atoms with van der Waals surface area (Å²) in [5, 5.41) is 20.8. The lowest BCUT2D eigenvalue weighted by Crippen LogP contribution is -2.19. The fourth-order valence-corrected chi connectivity index (χ4v) is 4.06. The van der Waals surface area contributed by atoms with E-state index in [0.717, 1.165) is 12.2 Å². The van der Waals surface area contributed by atoms with Crippen LogP contribution in [0.4, 0.5) is 0 Å². The number of hydrogen-bond donors (Lipinski definition) is 2. The third kappa shape index (κ3) is 3.47. The second-order valence-corrected chi connectivity index (χ2v) is 7.24. The van der Waals surface area contributed by atoms with E-state index in [1.807, 2.05) is 26.0 Å². The fourth-order valence-electron chi connectivity index (χ4n) is 4.06. The highest BCUT2D eigenvalue weighted by Gasteiger charge is 2.48. The van der Waals surface area contributed by atoms with Crippen molar-refractivity contribution in [2.45, 2.75) is 64.3 Å². The van der Waals surface area contributed by atoms with Gasteiger partial charge in [-0.1, -0.05) is 44.2 Å². The zero-order valence-corrected chi connectivity index (χ0v) is 15.3. The van der Waals surface area contributed by atoms with E-state index in [1.54, 1.807) is 0 Å². The van der Waals surface area contributed by atoms with Gasteiger partial charge in [0.15, 0.2) is 0 Å². The van der Waals surface area contributed by atoms with E-state index in [0.29, 0.717) is 12.8 Å². The van der Waals surface area contributed by atoms with Crippen LogP contribution in [0, 0.1) is 23.7 Å². The monoisotopic (exact) mass is 340 g/mol. The van der Waals surface area contributed by atoms with Gasteiger partial charge in [0.25, 0.3) is 0 Å². The first-order chi connectivity index (χ1) is 12.1. The van der Waals surface area contributed by atoms with Crippen LogP contribution < -0.4 is 4.74 Å². The van der Waals surface area contributed by atoms with E-state index in [2.05, 4.69) is 37.0 Å². The molecule has 3 rings (SSSR count). The SMILES string of the molecule is CC#CC[C@@H](C)[C@@H](O)/C=C/[C@@H]1[C@H]2c3cccc(CC)c3O[C@H]2C[C@H]1O. The molecular formula is C22H28O3. The molecule has 0 spiro atoms. The van der Waals surface area contributed by atoms with Crippen molar-refractivity contribution in [1.82, 2.24) is 0 Å². The molecule has 0 saturated heterocycles. The Labute approximate surface area is 150 Å². The lowest BCUT2D eigenvalue weighted by atomic mass is 9.86. The topological polar surface area (TPSA) is 49.7 Å². The molecule has 25 heavy (non-hydrogen) atoms. The molecule has 0 aromatic heterocycles. The van der Waals surface area contributed by atoms with E-state index in [4.69, 9.17) is 4.74 Å². The summed E-state index contributed by atoms with van der Waals surface area (Å²) in [6, 6.07) is 6.31. The minimum Gasteiger partial charge on any atom is -0.489 e. The number of aliphatic hydroxyl groups is 2. The molecule has 0 amide bonds. The summed E-state index contributed by atoms with van der Waals surface area (Å²) in [4.78, 5) is 0. The van der Waals surface area contributed by atoms with Crippen LogP contribution in [0.25, 0.3) is 0 Å². The Kier molecular flexibility index (Phi) is 5.51. The van der Waals surface area contributed by atoms with Crippen molar-refractivity contribution >= 4 is 0 Å². The van der Waals surface area contributed by atoms with Gasteiger partial charge in [0.1, 0.15) is 11.9 Å². The van der Waals surface area contributed by atoms with Crippen molar-refractivity contribution in [1.29, 1.82) is 0 Å². The van der Waals surface area contributed by atoms with Gasteiger partial charge in [0.2, 0.25) is 0 Å². The lowest BCUT2D eigenvalue weighted by Gasteiger charge is -2.19. The highest BCUT2D eigenvalue weighted by atomic mass is 16.5. The predicted octanol–water partition coefficient (Wildman–Crippen LogP) is 3.44. The maximum atomic E-state index is 10.5. The summed E-state index contributed by atoms with van der Waals surface area (Å²) in [5.74, 6) is 7.13. The van der Waals surface area contributed by atoms with Crippen LogP contribution in [0.2, 0.25) is 0 Å². The first kappa shape index (κ1) is 18.0. The maximum Gasteiger partial charge on any atom is 0.126 e. The van der Waals surface area contributed by atoms with Crippen molar-refractivity contribution in [3.05, 3.63) is 41.5 Å². The summed E-state index contributed by atoms with van der Waals surface area (Å²) in [7, 11) is 0. The van der Waals surface area contributed by atoms with Crippen LogP contribution in [0.3, 0.4) is 0 Å². The normalized spacial score (nSPS) is 29.5. The van der Waals surface area contributed by atoms with Crippen LogP contribution in [0.5, 0.6) is 5.75 Å². The number of fused-ring (bicyclic) bond motifs is 3. The zero-order chi connectivity index (χ0) is 18.0. The molecule has 6 atom stereocenters. The van der Waals surface area contributed by atoms with Crippen LogP contribution in [0.1, 0.15) is 50.7 Å². The highest BCUT2D eigenvalue weighted by molar-refractivity contribution is 5.49. The first-order valence-corrected chi connectivity index (χ1v) is 9.29. The number of ether oxygens (including phenoxy) is 1. The first-order valence-electron chi connectivity index (χ1n) is 9.29. The van der Waals surface area contributed by atoms with Crippen LogP contribution >= 0.6 is 0 Å². The molecule has 1 aromatic rings. The van der Waals surface area contributed by atoms with Crippen LogP contribution in [-0.4, -0.2) is 28.5 Å². The van der Waals surface area contributed by atoms with Gasteiger partial charge in [0, 0.05) is 30.2 Å². The molecule has 2 aliphatic rings. The minimum absolute atomic E-state index is 0.0162. The zero-order valence-electron chi connectivity index (χ0n) is 15.3. The molecule has 1 aromatic carbocycles. The van der Waals surface area contributed by atoms with Crippen LogP contribution in [-0.2, 0) is 6.42 Å². The predicted molar refractivity (Wildman–Crippen MR) is 99.5 cm³/mol. The molecule has 3 heteroatoms. The van der Waals surface area contributed by atoms with E-state index < -0.39 is 12.2 Å². The highest BCUT2D eigenvalue weighted by Crippen LogP contribution is 2.51. The molecule has 1 saturated carbocycles. The summed E-state index contributed by atoms with van der Waals surface area (Å²) in [6.45, 7) is 5.94. The van der Waals surface area contributed by atoms with Gasteiger partial charge in [-0.15, -0.1) is 11.8 Å². The molecule has 1 aliphatic heterocycles. The second-order valence-electron chi connectivity index (χ2n) is 7.24. The van der Waals surface area contributed by atoms with E-state index in [9.17, 15) is 10.2 Å². The standard InChI is InChI=1S/C22H28O3/c1-4-6-8-14(3)18(23)12-11-16-19(24)13-20-21(16)17-10-7-9-15(5-2)22(17)25-20/h7,9-12,14,16,18-21,23-24H,5,8,13H2,1-3H3/b12-11+/t14-,16+,18+,19-,20+,21+/m1/s1. The average molecular weight is 340 g/mol. The van der Waals surface area contributed by atoms with Crippen molar-refractivity contribution in [3.8, 4) is 17.6 Å². The van der Waals surface area contributed by atoms with Gasteiger partial charge in [-0.2, -0.15) is 0 Å². The van der Waals surface area contributed by atoms with Crippen molar-refractivity contribution < 1.29 is 14.9 Å². The number of benzene rings is 1. The molecule has 0 unspecified atom stereocenters. The van der Waals surface area contributed by atoms with Crippen molar-refractivity contribution in [2.75, 3.05) is 0 Å². The molecule has 2 N–H and O–H groups in total. The minimum atomic E-state index is -0.545. The summed E-state index contributed by atoms with van der Waals surface area (Å²) in [5.41, 5.74) is 2.44. The Hall–Kier alpha value is -1.76. The summed E-state index contributed by atoms with van der Waals surface area (Å²) >= 11 is 0.